The van der Waals surface area contributed by atoms with E-state index in [-0.39, 0.29) is 0 Å². The number of likely N-dealkylation sites (tertiary alicyclic amines) is 1. The van der Waals surface area contributed by atoms with E-state index in [9.17, 15) is 8.78 Å². The molecule has 2 rings (SSSR count). The average molecular weight is 283 g/mol. The molecule has 20 heavy (non-hydrogen) atoms. The van der Waals surface area contributed by atoms with Gasteiger partial charge in [-0.05, 0) is 61.9 Å². The molecule has 1 N–H and O–H groups in total. The highest BCUT2D eigenvalue weighted by Crippen LogP contribution is 2.26. The van der Waals surface area contributed by atoms with Crippen molar-refractivity contribution in [2.45, 2.75) is 39.7 Å². The van der Waals surface area contributed by atoms with Gasteiger partial charge in [0.15, 0.2) is 17.4 Å². The van der Waals surface area contributed by atoms with Gasteiger partial charge in [0, 0.05) is 6.54 Å². The van der Waals surface area contributed by atoms with E-state index in [1.54, 1.807) is 0 Å². The van der Waals surface area contributed by atoms with Crippen LogP contribution in [0.15, 0.2) is 12.1 Å². The smallest absolute Gasteiger partial charge is 0.187 e. The van der Waals surface area contributed by atoms with Gasteiger partial charge in [-0.3, -0.25) is 4.90 Å². The molecule has 0 aliphatic carbocycles. The summed E-state index contributed by atoms with van der Waals surface area (Å²) >= 11 is 0. The second kappa shape index (κ2) is 6.53. The van der Waals surface area contributed by atoms with E-state index in [2.05, 4.69) is 18.7 Å². The first-order valence-corrected chi connectivity index (χ1v) is 7.36. The van der Waals surface area contributed by atoms with Crippen molar-refractivity contribution in [3.63, 3.8) is 0 Å². The fourth-order valence-corrected chi connectivity index (χ4v) is 2.97. The molecule has 0 radical (unpaired) electrons. The Morgan fingerprint density at radius 2 is 1.85 bits per heavy atom. The molecule has 1 atom stereocenters. The van der Waals surface area contributed by atoms with Crippen LogP contribution in [0.2, 0.25) is 0 Å². The van der Waals surface area contributed by atoms with Gasteiger partial charge in [-0.15, -0.1) is 0 Å². The van der Waals surface area contributed by atoms with Gasteiger partial charge in [0.05, 0.1) is 0 Å². The van der Waals surface area contributed by atoms with Crippen LogP contribution in [0.3, 0.4) is 0 Å². The summed E-state index contributed by atoms with van der Waals surface area (Å²) in [6.45, 7) is 6.98. The molecule has 2 nitrogen and oxygen atoms in total. The fraction of sp³-hybridized carbons (Fsp3) is 0.625. The van der Waals surface area contributed by atoms with Gasteiger partial charge in [-0.25, -0.2) is 8.78 Å². The van der Waals surface area contributed by atoms with Crippen molar-refractivity contribution in [3.8, 4) is 5.75 Å². The molecule has 1 aromatic rings. The third kappa shape index (κ3) is 3.69. The van der Waals surface area contributed by atoms with Gasteiger partial charge in [0.25, 0.3) is 0 Å². The highest BCUT2D eigenvalue weighted by Gasteiger charge is 2.20. The summed E-state index contributed by atoms with van der Waals surface area (Å²) < 4.78 is 26.7. The lowest BCUT2D eigenvalue weighted by Gasteiger charge is -2.21. The molecule has 1 aliphatic rings. The normalized spacial score (nSPS) is 21.1. The minimum Gasteiger partial charge on any atom is -0.503 e. The Balaban J connectivity index is 2.00. The number of phenolic OH excluding ortho intramolecular Hbond substituents is 1. The molecule has 0 spiro atoms. The molecule has 112 valence electrons. The number of halogens is 2. The molecule has 0 amide bonds. The zero-order valence-corrected chi connectivity index (χ0v) is 12.2. The second-order valence-electron chi connectivity index (χ2n) is 6.12. The van der Waals surface area contributed by atoms with Crippen molar-refractivity contribution >= 4 is 0 Å². The Hall–Kier alpha value is -1.16. The molecule has 1 fully saturated rings. The number of aromatic hydroxyl groups is 1. The zero-order valence-electron chi connectivity index (χ0n) is 12.2. The summed E-state index contributed by atoms with van der Waals surface area (Å²) in [5.41, 5.74) is 0.584. The summed E-state index contributed by atoms with van der Waals surface area (Å²) in [6.07, 6.45) is 3.50. The number of benzene rings is 1. The Morgan fingerprint density at radius 1 is 1.20 bits per heavy atom. The second-order valence-corrected chi connectivity index (χ2v) is 6.12. The van der Waals surface area contributed by atoms with Gasteiger partial charge in [-0.1, -0.05) is 13.8 Å². The van der Waals surface area contributed by atoms with Crippen molar-refractivity contribution < 1.29 is 13.9 Å². The van der Waals surface area contributed by atoms with E-state index in [4.69, 9.17) is 5.11 Å². The maximum atomic E-state index is 13.3. The number of rotatable bonds is 3. The fourth-order valence-electron chi connectivity index (χ4n) is 2.97. The summed E-state index contributed by atoms with van der Waals surface area (Å²) in [4.78, 5) is 2.24. The van der Waals surface area contributed by atoms with E-state index < -0.39 is 17.4 Å². The standard InChI is InChI=1S/C16H23F2NO/c1-11(2)13-4-3-6-19(7-5-13)10-12-8-14(17)16(20)15(18)9-12/h8-9,11,13,20H,3-7,10H2,1-2H3. The van der Waals surface area contributed by atoms with Crippen LogP contribution < -0.4 is 0 Å². The first kappa shape index (κ1) is 15.2. The molecule has 4 heteroatoms. The Labute approximate surface area is 119 Å². The Kier molecular flexibility index (Phi) is 4.97. The van der Waals surface area contributed by atoms with E-state index >= 15 is 0 Å². The van der Waals surface area contributed by atoms with Crippen molar-refractivity contribution in [2.24, 2.45) is 11.8 Å². The molecular formula is C16H23F2NO. The summed E-state index contributed by atoms with van der Waals surface area (Å²) in [5.74, 6) is -1.21. The highest BCUT2D eigenvalue weighted by molar-refractivity contribution is 5.30. The molecule has 1 aromatic carbocycles. The quantitative estimate of drug-likeness (QED) is 0.908. The van der Waals surface area contributed by atoms with Crippen LogP contribution in [0.25, 0.3) is 0 Å². The molecular weight excluding hydrogens is 260 g/mol. The van der Waals surface area contributed by atoms with Crippen LogP contribution in [0.1, 0.15) is 38.7 Å². The van der Waals surface area contributed by atoms with Gasteiger partial charge in [-0.2, -0.15) is 0 Å². The minimum atomic E-state index is -0.885. The number of hydrogen-bond acceptors (Lipinski definition) is 2. The van der Waals surface area contributed by atoms with Crippen LogP contribution in [0, 0.1) is 23.5 Å². The van der Waals surface area contributed by atoms with Gasteiger partial charge >= 0.3 is 0 Å². The Morgan fingerprint density at radius 3 is 2.45 bits per heavy atom. The van der Waals surface area contributed by atoms with Crippen LogP contribution in [-0.4, -0.2) is 23.1 Å². The predicted molar refractivity (Wildman–Crippen MR) is 75.5 cm³/mol. The van der Waals surface area contributed by atoms with Gasteiger partial charge in [0.1, 0.15) is 0 Å². The zero-order chi connectivity index (χ0) is 14.7. The lowest BCUT2D eigenvalue weighted by molar-refractivity contribution is 0.263. The SMILES string of the molecule is CC(C)C1CCCN(Cc2cc(F)c(O)c(F)c2)CC1. The van der Waals surface area contributed by atoms with Gasteiger partial charge < -0.3 is 5.11 Å². The lowest BCUT2D eigenvalue weighted by atomic mass is 9.89. The maximum Gasteiger partial charge on any atom is 0.187 e. The Bertz CT molecular complexity index is 439. The van der Waals surface area contributed by atoms with Crippen molar-refractivity contribution in [1.82, 2.24) is 4.90 Å². The summed E-state index contributed by atoms with van der Waals surface area (Å²) in [6, 6.07) is 2.45. The summed E-state index contributed by atoms with van der Waals surface area (Å²) in [5, 5.41) is 9.11. The van der Waals surface area contributed by atoms with Crippen molar-refractivity contribution in [2.75, 3.05) is 13.1 Å². The van der Waals surface area contributed by atoms with Crippen LogP contribution >= 0.6 is 0 Å². The van der Waals surface area contributed by atoms with Gasteiger partial charge in [0.2, 0.25) is 0 Å². The largest absolute Gasteiger partial charge is 0.503 e. The summed E-state index contributed by atoms with van der Waals surface area (Å²) in [7, 11) is 0. The highest BCUT2D eigenvalue weighted by atomic mass is 19.1. The predicted octanol–water partition coefficient (Wildman–Crippen LogP) is 3.93. The van der Waals surface area contributed by atoms with E-state index in [1.165, 1.54) is 18.6 Å². The lowest BCUT2D eigenvalue weighted by Crippen LogP contribution is -2.24. The molecule has 1 unspecified atom stereocenters. The molecule has 1 saturated heterocycles. The van der Waals surface area contributed by atoms with Crippen LogP contribution in [0.4, 0.5) is 8.78 Å². The number of nitrogens with zero attached hydrogens (tertiary/aromatic N) is 1. The first-order chi connectivity index (χ1) is 9.47. The van der Waals surface area contributed by atoms with Crippen molar-refractivity contribution in [1.29, 1.82) is 0 Å². The topological polar surface area (TPSA) is 23.5 Å². The molecule has 1 aliphatic heterocycles. The molecule has 1 heterocycles. The first-order valence-electron chi connectivity index (χ1n) is 7.36. The number of hydrogen-bond donors (Lipinski definition) is 1. The third-order valence-corrected chi connectivity index (χ3v) is 4.29. The van der Waals surface area contributed by atoms with Crippen LogP contribution in [0.5, 0.6) is 5.75 Å². The average Bonchev–Trinajstić information content (AvgIpc) is 2.61. The van der Waals surface area contributed by atoms with Crippen LogP contribution in [-0.2, 0) is 6.54 Å². The van der Waals surface area contributed by atoms with Crippen molar-refractivity contribution in [3.05, 3.63) is 29.3 Å². The minimum absolute atomic E-state index is 0.541. The maximum absolute atomic E-state index is 13.3. The van der Waals surface area contributed by atoms with E-state index in [1.807, 2.05) is 0 Å². The molecule has 0 bridgehead atoms. The third-order valence-electron chi connectivity index (χ3n) is 4.29. The number of phenols is 1. The van der Waals surface area contributed by atoms with E-state index in [0.717, 1.165) is 31.8 Å². The monoisotopic (exact) mass is 283 g/mol. The molecule has 0 aromatic heterocycles. The van der Waals surface area contributed by atoms with E-state index in [0.29, 0.717) is 18.0 Å². The molecule has 0 saturated carbocycles.